The standard InChI is InChI=1S/C12H10O7/c1-11(9(17)19-10(11)18)6-3-2-4-12(5-6,7(13)14)8(15)16/h2-4H,5H2,1H3,(H,13,14)(H,15,16). The van der Waals surface area contributed by atoms with Gasteiger partial charge in [-0.15, -0.1) is 0 Å². The minimum atomic E-state index is -2.16. The third-order valence-electron chi connectivity index (χ3n) is 3.55. The smallest absolute Gasteiger partial charge is 0.335 e. The number of ether oxygens (including phenoxy) is 1. The lowest BCUT2D eigenvalue weighted by molar-refractivity contribution is -0.192. The first-order chi connectivity index (χ1) is 8.75. The van der Waals surface area contributed by atoms with Crippen molar-refractivity contribution in [2.75, 3.05) is 0 Å². The fraction of sp³-hybridized carbons (Fsp3) is 0.333. The number of cyclic esters (lactones) is 2. The van der Waals surface area contributed by atoms with Gasteiger partial charge in [0.1, 0.15) is 0 Å². The Labute approximate surface area is 107 Å². The van der Waals surface area contributed by atoms with Crippen LogP contribution in [0.3, 0.4) is 0 Å². The van der Waals surface area contributed by atoms with Gasteiger partial charge in [-0.05, 0) is 12.5 Å². The number of hydrogen-bond acceptors (Lipinski definition) is 5. The van der Waals surface area contributed by atoms with Crippen molar-refractivity contribution in [3.8, 4) is 0 Å². The van der Waals surface area contributed by atoms with E-state index in [0.717, 1.165) is 6.08 Å². The van der Waals surface area contributed by atoms with Crippen LogP contribution in [0.4, 0.5) is 0 Å². The Balaban J connectivity index is 2.43. The van der Waals surface area contributed by atoms with Gasteiger partial charge in [-0.2, -0.15) is 0 Å². The predicted molar refractivity (Wildman–Crippen MR) is 58.8 cm³/mol. The van der Waals surface area contributed by atoms with E-state index < -0.39 is 41.1 Å². The van der Waals surface area contributed by atoms with Gasteiger partial charge < -0.3 is 14.9 Å². The van der Waals surface area contributed by atoms with Crippen LogP contribution in [0.5, 0.6) is 0 Å². The van der Waals surface area contributed by atoms with Crippen LogP contribution in [0.25, 0.3) is 0 Å². The summed E-state index contributed by atoms with van der Waals surface area (Å²) in [5, 5.41) is 18.2. The molecule has 0 saturated carbocycles. The van der Waals surface area contributed by atoms with Crippen LogP contribution in [0.1, 0.15) is 13.3 Å². The molecule has 2 aliphatic rings. The normalized spacial score (nSPS) is 23.1. The lowest BCUT2D eigenvalue weighted by atomic mass is 9.68. The van der Waals surface area contributed by atoms with Crippen LogP contribution in [0.2, 0.25) is 0 Å². The van der Waals surface area contributed by atoms with Gasteiger partial charge in [-0.3, -0.25) is 9.59 Å². The summed E-state index contributed by atoms with van der Waals surface area (Å²) in [6.45, 7) is 1.29. The Bertz CT molecular complexity index is 539. The minimum Gasteiger partial charge on any atom is -0.480 e. The number of allylic oxidation sites excluding steroid dienone is 2. The highest BCUT2D eigenvalue weighted by Gasteiger charge is 2.60. The maximum Gasteiger partial charge on any atom is 0.335 e. The van der Waals surface area contributed by atoms with Gasteiger partial charge in [0.2, 0.25) is 0 Å². The van der Waals surface area contributed by atoms with Crippen molar-refractivity contribution >= 4 is 23.9 Å². The fourth-order valence-electron chi connectivity index (χ4n) is 2.06. The van der Waals surface area contributed by atoms with Crippen molar-refractivity contribution in [3.63, 3.8) is 0 Å². The maximum atomic E-state index is 11.4. The van der Waals surface area contributed by atoms with E-state index in [0.29, 0.717) is 0 Å². The van der Waals surface area contributed by atoms with Crippen molar-refractivity contribution < 1.29 is 34.1 Å². The molecule has 1 saturated heterocycles. The number of hydrogen-bond donors (Lipinski definition) is 2. The number of carboxylic acids is 2. The quantitative estimate of drug-likeness (QED) is 0.550. The lowest BCUT2D eigenvalue weighted by Crippen LogP contribution is -2.54. The molecule has 1 aliphatic carbocycles. The van der Waals surface area contributed by atoms with Gasteiger partial charge in [0.15, 0.2) is 10.8 Å². The summed E-state index contributed by atoms with van der Waals surface area (Å²) in [4.78, 5) is 45.2. The number of carboxylic acid groups (broad SMARTS) is 2. The molecule has 2 rings (SSSR count). The third-order valence-corrected chi connectivity index (χ3v) is 3.55. The Hall–Kier alpha value is -2.44. The summed E-state index contributed by atoms with van der Waals surface area (Å²) in [7, 11) is 0. The highest BCUT2D eigenvalue weighted by Crippen LogP contribution is 2.45. The number of carbonyl (C=O) groups is 4. The summed E-state index contributed by atoms with van der Waals surface area (Å²) in [6.07, 6.45) is 3.18. The zero-order valence-electron chi connectivity index (χ0n) is 9.87. The molecule has 1 aliphatic heterocycles. The van der Waals surface area contributed by atoms with E-state index in [1.165, 1.54) is 19.1 Å². The van der Waals surface area contributed by atoms with E-state index in [1.807, 2.05) is 0 Å². The zero-order chi connectivity index (χ0) is 14.4. The Morgan fingerprint density at radius 3 is 2.16 bits per heavy atom. The second kappa shape index (κ2) is 3.78. The highest BCUT2D eigenvalue weighted by molar-refractivity contribution is 6.16. The van der Waals surface area contributed by atoms with Crippen LogP contribution >= 0.6 is 0 Å². The van der Waals surface area contributed by atoms with E-state index >= 15 is 0 Å². The van der Waals surface area contributed by atoms with E-state index in [2.05, 4.69) is 4.74 Å². The first kappa shape index (κ1) is 13.0. The number of esters is 2. The van der Waals surface area contributed by atoms with Crippen molar-refractivity contribution in [2.45, 2.75) is 13.3 Å². The first-order valence-electron chi connectivity index (χ1n) is 5.37. The molecule has 7 heteroatoms. The van der Waals surface area contributed by atoms with Crippen LogP contribution in [-0.4, -0.2) is 34.1 Å². The molecule has 0 amide bonds. The summed E-state index contributed by atoms with van der Waals surface area (Å²) in [5.41, 5.74) is -3.62. The molecular formula is C12H10O7. The molecular weight excluding hydrogens is 256 g/mol. The van der Waals surface area contributed by atoms with Crippen LogP contribution in [-0.2, 0) is 23.9 Å². The summed E-state index contributed by atoms with van der Waals surface area (Å²) in [6, 6.07) is 0. The maximum absolute atomic E-state index is 11.4. The van der Waals surface area contributed by atoms with E-state index in [-0.39, 0.29) is 5.57 Å². The molecule has 2 N–H and O–H groups in total. The summed E-state index contributed by atoms with van der Waals surface area (Å²) in [5.74, 6) is -4.70. The average Bonchev–Trinajstić information content (AvgIpc) is 2.37. The molecule has 0 radical (unpaired) electrons. The van der Waals surface area contributed by atoms with Gasteiger partial charge in [0, 0.05) is 6.42 Å². The molecule has 0 atom stereocenters. The molecule has 0 bridgehead atoms. The minimum absolute atomic E-state index is 0.126. The van der Waals surface area contributed by atoms with Crippen LogP contribution in [0, 0.1) is 10.8 Å². The largest absolute Gasteiger partial charge is 0.480 e. The Morgan fingerprint density at radius 1 is 1.21 bits per heavy atom. The number of rotatable bonds is 3. The van der Waals surface area contributed by atoms with Crippen molar-refractivity contribution in [1.29, 1.82) is 0 Å². The van der Waals surface area contributed by atoms with Gasteiger partial charge >= 0.3 is 23.9 Å². The number of carbonyl (C=O) groups excluding carboxylic acids is 2. The van der Waals surface area contributed by atoms with Gasteiger partial charge in [0.05, 0.1) is 0 Å². The van der Waals surface area contributed by atoms with Gasteiger partial charge in [0.25, 0.3) is 0 Å². The average molecular weight is 266 g/mol. The van der Waals surface area contributed by atoms with E-state index in [1.54, 1.807) is 0 Å². The van der Waals surface area contributed by atoms with E-state index in [4.69, 9.17) is 10.2 Å². The molecule has 0 aromatic carbocycles. The first-order valence-corrected chi connectivity index (χ1v) is 5.37. The van der Waals surface area contributed by atoms with E-state index in [9.17, 15) is 19.2 Å². The molecule has 0 unspecified atom stereocenters. The van der Waals surface area contributed by atoms with Gasteiger partial charge in [-0.25, -0.2) is 9.59 Å². The molecule has 7 nitrogen and oxygen atoms in total. The van der Waals surface area contributed by atoms with Crippen molar-refractivity contribution in [1.82, 2.24) is 0 Å². The topological polar surface area (TPSA) is 118 Å². The Kier molecular flexibility index (Phi) is 2.58. The molecule has 0 aromatic rings. The molecule has 0 aromatic heterocycles. The molecule has 1 fully saturated rings. The molecule has 100 valence electrons. The van der Waals surface area contributed by atoms with Crippen LogP contribution < -0.4 is 0 Å². The SMILES string of the molecule is CC1(C2=CC=CC(C(=O)O)(C(=O)O)C2)C(=O)OC1=O. The number of aliphatic carboxylic acids is 2. The summed E-state index contributed by atoms with van der Waals surface area (Å²) < 4.78 is 4.26. The fourth-order valence-corrected chi connectivity index (χ4v) is 2.06. The monoisotopic (exact) mass is 266 g/mol. The molecule has 0 spiro atoms. The third kappa shape index (κ3) is 1.51. The molecule has 19 heavy (non-hydrogen) atoms. The van der Waals surface area contributed by atoms with Crippen LogP contribution in [0.15, 0.2) is 23.8 Å². The summed E-state index contributed by atoms with van der Waals surface area (Å²) >= 11 is 0. The predicted octanol–water partition coefficient (Wildman–Crippen LogP) is 0.118. The Morgan fingerprint density at radius 2 is 1.74 bits per heavy atom. The lowest BCUT2D eigenvalue weighted by Gasteiger charge is -2.38. The second-order valence-electron chi connectivity index (χ2n) is 4.61. The second-order valence-corrected chi connectivity index (χ2v) is 4.61. The molecule has 1 heterocycles. The zero-order valence-corrected chi connectivity index (χ0v) is 9.87. The van der Waals surface area contributed by atoms with Gasteiger partial charge in [-0.1, -0.05) is 18.2 Å². The van der Waals surface area contributed by atoms with Crippen molar-refractivity contribution in [3.05, 3.63) is 23.8 Å². The highest BCUT2D eigenvalue weighted by atomic mass is 16.6. The van der Waals surface area contributed by atoms with Crippen molar-refractivity contribution in [2.24, 2.45) is 10.8 Å².